The summed E-state index contributed by atoms with van der Waals surface area (Å²) in [7, 11) is 0. The van der Waals surface area contributed by atoms with Gasteiger partial charge >= 0.3 is 0 Å². The molecule has 0 spiro atoms. The first kappa shape index (κ1) is 15.2. The maximum atomic E-state index is 13.0. The molecule has 0 unspecified atom stereocenters. The molecular weight excluding hydrogens is 295 g/mol. The number of para-hydroxylation sites is 1. The normalized spacial score (nSPS) is 10.7. The van der Waals surface area contributed by atoms with Crippen LogP contribution >= 0.6 is 0 Å². The molecule has 0 saturated carbocycles. The number of aliphatic hydroxyl groups excluding tert-OH is 1. The molecule has 118 valence electrons. The van der Waals surface area contributed by atoms with E-state index in [-0.39, 0.29) is 12.4 Å². The fourth-order valence-corrected chi connectivity index (χ4v) is 2.35. The second-order valence-electron chi connectivity index (χ2n) is 5.11. The summed E-state index contributed by atoms with van der Waals surface area (Å²) >= 11 is 0. The summed E-state index contributed by atoms with van der Waals surface area (Å²) in [5, 5.41) is 9.26. The summed E-state index contributed by atoms with van der Waals surface area (Å²) in [5.41, 5.74) is 1.77. The minimum Gasteiger partial charge on any atom is -0.439 e. The van der Waals surface area contributed by atoms with E-state index in [1.165, 1.54) is 12.1 Å². The fraction of sp³-hybridized carbons (Fsp3) is 0.167. The first-order valence-corrected chi connectivity index (χ1v) is 7.38. The Hall–Kier alpha value is -2.66. The number of hydrogen-bond donors (Lipinski definition) is 1. The molecule has 1 heterocycles. The van der Waals surface area contributed by atoms with Crippen LogP contribution in [0, 0.1) is 5.82 Å². The van der Waals surface area contributed by atoms with Crippen molar-refractivity contribution in [2.75, 3.05) is 18.1 Å². The largest absolute Gasteiger partial charge is 0.439 e. The Morgan fingerprint density at radius 2 is 1.78 bits per heavy atom. The van der Waals surface area contributed by atoms with Gasteiger partial charge in [-0.1, -0.05) is 18.2 Å². The number of benzene rings is 2. The first-order valence-electron chi connectivity index (χ1n) is 7.38. The standard InChI is InChI=1S/C18H17FN2O2/c19-15-8-6-14(7-9-15)17-12-20-18(23-17)13-21(10-11-22)16-4-2-1-3-5-16/h1-9,12,22H,10-11,13H2. The molecule has 0 fully saturated rings. The van der Waals surface area contributed by atoms with Crippen molar-refractivity contribution in [2.24, 2.45) is 0 Å². The maximum absolute atomic E-state index is 13.0. The molecule has 4 nitrogen and oxygen atoms in total. The molecule has 3 aromatic rings. The molecule has 0 aliphatic carbocycles. The van der Waals surface area contributed by atoms with Crippen LogP contribution in [0.2, 0.25) is 0 Å². The van der Waals surface area contributed by atoms with Crippen molar-refractivity contribution in [3.8, 4) is 11.3 Å². The predicted molar refractivity (Wildman–Crippen MR) is 86.5 cm³/mol. The number of oxazole rings is 1. The Labute approximate surface area is 133 Å². The monoisotopic (exact) mass is 312 g/mol. The van der Waals surface area contributed by atoms with E-state index >= 15 is 0 Å². The van der Waals surface area contributed by atoms with Gasteiger partial charge in [0.05, 0.1) is 19.3 Å². The van der Waals surface area contributed by atoms with Crippen molar-refractivity contribution >= 4 is 5.69 Å². The molecule has 23 heavy (non-hydrogen) atoms. The van der Waals surface area contributed by atoms with Crippen LogP contribution in [0.25, 0.3) is 11.3 Å². The number of aliphatic hydroxyl groups is 1. The number of nitrogens with zero attached hydrogens (tertiary/aromatic N) is 2. The van der Waals surface area contributed by atoms with Crippen LogP contribution < -0.4 is 4.90 Å². The zero-order chi connectivity index (χ0) is 16.1. The third kappa shape index (κ3) is 3.76. The maximum Gasteiger partial charge on any atom is 0.214 e. The molecule has 0 aliphatic rings. The van der Waals surface area contributed by atoms with Crippen molar-refractivity contribution in [1.29, 1.82) is 0 Å². The number of halogens is 1. The zero-order valence-corrected chi connectivity index (χ0v) is 12.5. The molecule has 5 heteroatoms. The van der Waals surface area contributed by atoms with Crippen LogP contribution in [0.15, 0.2) is 65.2 Å². The van der Waals surface area contributed by atoms with E-state index in [2.05, 4.69) is 4.98 Å². The van der Waals surface area contributed by atoms with Crippen LogP contribution in [0.1, 0.15) is 5.89 Å². The van der Waals surface area contributed by atoms with Gasteiger partial charge in [0.2, 0.25) is 5.89 Å². The molecule has 0 radical (unpaired) electrons. The van der Waals surface area contributed by atoms with E-state index in [1.807, 2.05) is 35.2 Å². The second-order valence-corrected chi connectivity index (χ2v) is 5.11. The van der Waals surface area contributed by atoms with Crippen molar-refractivity contribution in [1.82, 2.24) is 4.98 Å². The van der Waals surface area contributed by atoms with E-state index in [0.29, 0.717) is 24.7 Å². The van der Waals surface area contributed by atoms with Crippen molar-refractivity contribution in [2.45, 2.75) is 6.54 Å². The smallest absolute Gasteiger partial charge is 0.214 e. The van der Waals surface area contributed by atoms with Crippen LogP contribution in [0.4, 0.5) is 10.1 Å². The van der Waals surface area contributed by atoms with Crippen LogP contribution in [0.3, 0.4) is 0 Å². The Morgan fingerprint density at radius 1 is 1.04 bits per heavy atom. The van der Waals surface area contributed by atoms with Crippen molar-refractivity contribution in [3.63, 3.8) is 0 Å². The van der Waals surface area contributed by atoms with Gasteiger partial charge in [0.15, 0.2) is 5.76 Å². The van der Waals surface area contributed by atoms with E-state index in [4.69, 9.17) is 4.42 Å². The minimum atomic E-state index is -0.285. The van der Waals surface area contributed by atoms with Gasteiger partial charge in [0, 0.05) is 17.8 Å². The third-order valence-corrected chi connectivity index (χ3v) is 3.50. The Bertz CT molecular complexity index is 741. The van der Waals surface area contributed by atoms with Gasteiger partial charge in [-0.15, -0.1) is 0 Å². The Balaban J connectivity index is 1.78. The topological polar surface area (TPSA) is 49.5 Å². The lowest BCUT2D eigenvalue weighted by molar-refractivity contribution is 0.300. The number of rotatable bonds is 6. The molecule has 0 aliphatic heterocycles. The lowest BCUT2D eigenvalue weighted by Gasteiger charge is -2.22. The van der Waals surface area contributed by atoms with E-state index in [9.17, 15) is 9.50 Å². The van der Waals surface area contributed by atoms with Gasteiger partial charge in [-0.25, -0.2) is 9.37 Å². The molecule has 0 saturated heterocycles. The Morgan fingerprint density at radius 3 is 2.48 bits per heavy atom. The highest BCUT2D eigenvalue weighted by Gasteiger charge is 2.12. The third-order valence-electron chi connectivity index (χ3n) is 3.50. The van der Waals surface area contributed by atoms with Crippen LogP contribution in [0.5, 0.6) is 0 Å². The highest BCUT2D eigenvalue weighted by Crippen LogP contribution is 2.22. The SMILES string of the molecule is OCCN(Cc1ncc(-c2ccc(F)cc2)o1)c1ccccc1. The van der Waals surface area contributed by atoms with E-state index in [0.717, 1.165) is 11.3 Å². The molecule has 0 bridgehead atoms. The van der Waals surface area contributed by atoms with Gasteiger partial charge in [0.1, 0.15) is 5.82 Å². The number of hydrogen-bond acceptors (Lipinski definition) is 4. The average Bonchev–Trinajstić information content (AvgIpc) is 3.04. The fourth-order valence-electron chi connectivity index (χ4n) is 2.35. The summed E-state index contributed by atoms with van der Waals surface area (Å²) in [5.74, 6) is 0.852. The van der Waals surface area contributed by atoms with Crippen molar-refractivity contribution in [3.05, 3.63) is 72.5 Å². The van der Waals surface area contributed by atoms with Gasteiger partial charge in [0.25, 0.3) is 0 Å². The lowest BCUT2D eigenvalue weighted by atomic mass is 10.2. The average molecular weight is 312 g/mol. The summed E-state index contributed by atoms with van der Waals surface area (Å²) in [6, 6.07) is 15.9. The predicted octanol–water partition coefficient (Wildman–Crippen LogP) is 3.48. The van der Waals surface area contributed by atoms with E-state index in [1.54, 1.807) is 18.3 Å². The minimum absolute atomic E-state index is 0.0421. The summed E-state index contributed by atoms with van der Waals surface area (Å²) in [4.78, 5) is 6.27. The van der Waals surface area contributed by atoms with Crippen molar-refractivity contribution < 1.29 is 13.9 Å². The first-order chi connectivity index (χ1) is 11.3. The van der Waals surface area contributed by atoms with Gasteiger partial charge < -0.3 is 14.4 Å². The van der Waals surface area contributed by atoms with Crippen LogP contribution in [-0.4, -0.2) is 23.2 Å². The van der Waals surface area contributed by atoms with Gasteiger partial charge in [-0.3, -0.25) is 0 Å². The molecule has 0 atom stereocenters. The van der Waals surface area contributed by atoms with E-state index < -0.39 is 0 Å². The highest BCUT2D eigenvalue weighted by atomic mass is 19.1. The highest BCUT2D eigenvalue weighted by molar-refractivity contribution is 5.56. The lowest BCUT2D eigenvalue weighted by Crippen LogP contribution is -2.26. The quantitative estimate of drug-likeness (QED) is 0.757. The molecule has 0 amide bonds. The molecule has 1 aromatic heterocycles. The van der Waals surface area contributed by atoms with Gasteiger partial charge in [-0.2, -0.15) is 0 Å². The number of aromatic nitrogens is 1. The summed E-state index contributed by atoms with van der Waals surface area (Å²) in [6.45, 7) is 0.977. The molecule has 2 aromatic carbocycles. The number of anilines is 1. The molecular formula is C18H17FN2O2. The van der Waals surface area contributed by atoms with Crippen LogP contribution in [-0.2, 0) is 6.54 Å². The molecule has 3 rings (SSSR count). The second kappa shape index (κ2) is 7.07. The zero-order valence-electron chi connectivity index (χ0n) is 12.5. The summed E-state index contributed by atoms with van der Waals surface area (Å²) < 4.78 is 18.7. The molecule has 1 N–H and O–H groups in total. The summed E-state index contributed by atoms with van der Waals surface area (Å²) in [6.07, 6.45) is 1.63. The van der Waals surface area contributed by atoms with Gasteiger partial charge in [-0.05, 0) is 36.4 Å². The Kier molecular flexibility index (Phi) is 4.68.